The van der Waals surface area contributed by atoms with E-state index in [0.29, 0.717) is 0 Å². The molecule has 0 aromatic heterocycles. The van der Waals surface area contributed by atoms with Gasteiger partial charge in [0.2, 0.25) is 0 Å². The quantitative estimate of drug-likeness (QED) is 0.659. The van der Waals surface area contributed by atoms with Gasteiger partial charge in [0.1, 0.15) is 0 Å². The normalized spacial score (nSPS) is 9.29. The van der Waals surface area contributed by atoms with Crippen LogP contribution in [0, 0.1) is 0 Å². The maximum absolute atomic E-state index is 3.79. The van der Waals surface area contributed by atoms with Crippen LogP contribution in [0.15, 0.2) is 17.8 Å². The van der Waals surface area contributed by atoms with E-state index in [0.717, 1.165) is 0 Å². The van der Waals surface area contributed by atoms with Gasteiger partial charge in [0.15, 0.2) is 0 Å². The van der Waals surface area contributed by atoms with Crippen LogP contribution in [0.5, 0.6) is 0 Å². The summed E-state index contributed by atoms with van der Waals surface area (Å²) in [5.74, 6) is 0. The molecule has 0 N–H and O–H groups in total. The first kappa shape index (κ1) is 6.97. The van der Waals surface area contributed by atoms with Crippen LogP contribution in [-0.4, -0.2) is 10.1 Å². The second kappa shape index (κ2) is 4.14. The minimum absolute atomic E-state index is 1.28. The number of nitrogens with zero attached hydrogens (tertiary/aromatic N) is 1. The summed E-state index contributed by atoms with van der Waals surface area (Å²) in [6.45, 7) is 5.46. The van der Waals surface area contributed by atoms with E-state index in [4.69, 9.17) is 0 Å². The van der Waals surface area contributed by atoms with E-state index in [2.05, 4.69) is 11.6 Å². The van der Waals surface area contributed by atoms with Crippen LogP contribution in [0.3, 0.4) is 0 Å². The fourth-order valence-corrected chi connectivity index (χ4v) is 0.376. The van der Waals surface area contributed by atoms with Gasteiger partial charge in [-0.2, -0.15) is 0 Å². The molecule has 0 saturated carbocycles. The van der Waals surface area contributed by atoms with E-state index in [1.807, 2.05) is 13.1 Å². The summed E-state index contributed by atoms with van der Waals surface area (Å²) < 4.78 is 1.28. The third kappa shape index (κ3) is 5.97. The van der Waals surface area contributed by atoms with Crippen LogP contribution in [0.2, 0.25) is 0 Å². The van der Waals surface area contributed by atoms with Gasteiger partial charge in [-0.15, -0.1) is 0 Å². The molecule has 0 saturated heterocycles. The van der Waals surface area contributed by atoms with E-state index >= 15 is 0 Å². The van der Waals surface area contributed by atoms with Gasteiger partial charge in [-0.3, -0.25) is 0 Å². The summed E-state index contributed by atoms with van der Waals surface area (Å²) in [5, 5.41) is 0. The molecule has 7 heavy (non-hydrogen) atoms. The van der Waals surface area contributed by atoms with Crippen LogP contribution in [-0.2, 0) is 19.4 Å². The maximum atomic E-state index is 3.79. The second-order valence-electron chi connectivity index (χ2n) is 1.07. The summed E-state index contributed by atoms with van der Waals surface area (Å²) in [6.07, 6.45) is 3.34. The van der Waals surface area contributed by atoms with Crippen LogP contribution in [0.4, 0.5) is 0 Å². The van der Waals surface area contributed by atoms with Gasteiger partial charge in [0, 0.05) is 0 Å². The number of aliphatic imine (C=N–C) groups is 1. The molecule has 0 amide bonds. The van der Waals surface area contributed by atoms with E-state index in [1.165, 1.54) is 29.5 Å². The van der Waals surface area contributed by atoms with Gasteiger partial charge in [-0.25, -0.2) is 0 Å². The van der Waals surface area contributed by atoms with Crippen LogP contribution < -0.4 is 0 Å². The first-order valence-corrected chi connectivity index (χ1v) is 3.38. The van der Waals surface area contributed by atoms with Crippen molar-refractivity contribution < 1.29 is 19.4 Å². The van der Waals surface area contributed by atoms with Gasteiger partial charge in [0.25, 0.3) is 0 Å². The van der Waals surface area contributed by atoms with Gasteiger partial charge in [0.05, 0.1) is 0 Å². The van der Waals surface area contributed by atoms with Crippen molar-refractivity contribution >= 4 is 10.1 Å². The molecule has 0 aliphatic heterocycles. The summed E-state index contributed by atoms with van der Waals surface area (Å²) in [7, 11) is 0. The molecule has 0 radical (unpaired) electrons. The molecule has 0 aromatic carbocycles. The van der Waals surface area contributed by atoms with Crippen molar-refractivity contribution in [1.29, 1.82) is 0 Å². The monoisotopic (exact) mass is 265 g/mol. The predicted molar refractivity (Wildman–Crippen MR) is 29.4 cm³/mol. The number of hydrogen-bond donors (Lipinski definition) is 0. The van der Waals surface area contributed by atoms with E-state index in [-0.39, 0.29) is 0 Å². The van der Waals surface area contributed by atoms with Crippen molar-refractivity contribution in [2.75, 3.05) is 0 Å². The Morgan fingerprint density at radius 2 is 2.43 bits per heavy atom. The van der Waals surface area contributed by atoms with Gasteiger partial charge in [-0.1, -0.05) is 0 Å². The summed E-state index contributed by atoms with van der Waals surface area (Å²) in [6, 6.07) is 0. The molecule has 0 unspecified atom stereocenters. The molecular weight excluding hydrogens is 258 g/mol. The Balaban J connectivity index is 3.46. The predicted octanol–water partition coefficient (Wildman–Crippen LogP) is 0.940. The molecule has 0 aromatic rings. The first-order valence-electron chi connectivity index (χ1n) is 1.92. The third-order valence-corrected chi connectivity index (χ3v) is 0.740. The SMILES string of the molecule is C=CN=C[C](C)=[W]. The van der Waals surface area contributed by atoms with Crippen molar-refractivity contribution in [3.05, 3.63) is 12.8 Å². The Hall–Kier alpha value is -0.0317. The topological polar surface area (TPSA) is 12.4 Å². The number of rotatable bonds is 2. The van der Waals surface area contributed by atoms with Gasteiger partial charge < -0.3 is 0 Å². The molecule has 0 spiro atoms. The van der Waals surface area contributed by atoms with Crippen molar-refractivity contribution in [3.8, 4) is 0 Å². The zero-order valence-electron chi connectivity index (χ0n) is 4.22. The average Bonchev–Trinajstić information content (AvgIpc) is 1.61. The molecular formula is C5H7NW. The van der Waals surface area contributed by atoms with Crippen molar-refractivity contribution in [1.82, 2.24) is 0 Å². The molecule has 0 aliphatic carbocycles. The zero-order chi connectivity index (χ0) is 5.70. The van der Waals surface area contributed by atoms with Crippen LogP contribution in [0.1, 0.15) is 6.92 Å². The summed E-state index contributed by atoms with van der Waals surface area (Å²) in [4.78, 5) is 3.79. The molecule has 2 heteroatoms. The Bertz CT molecular complexity index is 105. The molecule has 38 valence electrons. The van der Waals surface area contributed by atoms with E-state index in [9.17, 15) is 0 Å². The average molecular weight is 265 g/mol. The molecule has 1 nitrogen and oxygen atoms in total. The third-order valence-electron chi connectivity index (χ3n) is 0.362. The second-order valence-corrected chi connectivity index (χ2v) is 3.38. The fraction of sp³-hybridized carbons (Fsp3) is 0.200. The molecule has 0 fully saturated rings. The van der Waals surface area contributed by atoms with Crippen molar-refractivity contribution in [3.63, 3.8) is 0 Å². The standard InChI is InChI=1S/C5H7N.W/c1-3-5-6-4-2;/h4-5H,2H2,1H3;. The molecule has 0 bridgehead atoms. The Morgan fingerprint density at radius 1 is 1.86 bits per heavy atom. The van der Waals surface area contributed by atoms with Crippen molar-refractivity contribution in [2.24, 2.45) is 4.99 Å². The van der Waals surface area contributed by atoms with Crippen molar-refractivity contribution in [2.45, 2.75) is 6.92 Å². The molecule has 0 aliphatic rings. The molecule has 0 heterocycles. The minimum atomic E-state index is 1.28. The van der Waals surface area contributed by atoms with Crippen LogP contribution in [0.25, 0.3) is 0 Å². The molecule has 0 atom stereocenters. The van der Waals surface area contributed by atoms with Gasteiger partial charge >= 0.3 is 54.2 Å². The fourth-order valence-electron chi connectivity index (χ4n) is 0.158. The Kier molecular flexibility index (Phi) is 4.12. The van der Waals surface area contributed by atoms with E-state index < -0.39 is 0 Å². The summed E-state index contributed by atoms with van der Waals surface area (Å²) in [5.41, 5.74) is 0. The van der Waals surface area contributed by atoms with E-state index in [1.54, 1.807) is 0 Å². The first-order chi connectivity index (χ1) is 3.27. The zero-order valence-corrected chi connectivity index (χ0v) is 7.15. The summed E-state index contributed by atoms with van der Waals surface area (Å²) >= 11 is 1.46. The molecule has 0 rings (SSSR count). The van der Waals surface area contributed by atoms with Crippen LogP contribution >= 0.6 is 0 Å². The number of hydrogen-bond acceptors (Lipinski definition) is 1. The van der Waals surface area contributed by atoms with Gasteiger partial charge in [-0.05, 0) is 0 Å². The Labute approximate surface area is 54.6 Å². The Morgan fingerprint density at radius 3 is 2.57 bits per heavy atom.